The molecule has 2 aromatic carbocycles. The summed E-state index contributed by atoms with van der Waals surface area (Å²) in [5.41, 5.74) is 8.91. The number of H-pyrrole nitrogens is 1. The number of fused-ring (bicyclic) bond motifs is 3. The number of aromatic amines is 1. The third kappa shape index (κ3) is 5.29. The van der Waals surface area contributed by atoms with Gasteiger partial charge in [-0.05, 0) is 17.5 Å². The maximum atomic E-state index is 13.6. The molecule has 0 radical (unpaired) electrons. The van der Waals surface area contributed by atoms with Crippen molar-refractivity contribution in [3.05, 3.63) is 105 Å². The zero-order valence-corrected chi connectivity index (χ0v) is 22.8. The monoisotopic (exact) mass is 558 g/mol. The van der Waals surface area contributed by atoms with Crippen LogP contribution in [0.15, 0.2) is 81.1 Å². The van der Waals surface area contributed by atoms with E-state index in [9.17, 15) is 14.9 Å². The van der Waals surface area contributed by atoms with Crippen molar-refractivity contribution >= 4 is 39.2 Å². The Kier molecular flexibility index (Phi) is 8.02. The number of aromatic nitrogens is 1. The third-order valence-corrected chi connectivity index (χ3v) is 8.90. The summed E-state index contributed by atoms with van der Waals surface area (Å²) >= 11 is 2.89. The highest BCUT2D eigenvalue weighted by Crippen LogP contribution is 2.48. The van der Waals surface area contributed by atoms with Crippen molar-refractivity contribution in [1.82, 2.24) is 10.3 Å². The predicted octanol–water partition coefficient (Wildman–Crippen LogP) is 4.87. The number of carbonyl (C=O) groups excluding carboxylic acids is 1. The Morgan fingerprint density at radius 3 is 2.62 bits per heavy atom. The molecule has 1 aliphatic rings. The number of nitriles is 1. The van der Waals surface area contributed by atoms with Crippen LogP contribution in [-0.2, 0) is 10.5 Å². The molecule has 0 fully saturated rings. The van der Waals surface area contributed by atoms with Gasteiger partial charge in [0.1, 0.15) is 11.6 Å². The lowest BCUT2D eigenvalue weighted by molar-refractivity contribution is 0.0948. The summed E-state index contributed by atoms with van der Waals surface area (Å²) in [5, 5.41) is 12.8. The van der Waals surface area contributed by atoms with Crippen LogP contribution < -0.4 is 21.3 Å². The van der Waals surface area contributed by atoms with Crippen LogP contribution in [0.5, 0.6) is 5.75 Å². The van der Waals surface area contributed by atoms with Crippen molar-refractivity contribution in [2.24, 2.45) is 5.73 Å². The van der Waals surface area contributed by atoms with E-state index in [1.54, 1.807) is 7.11 Å². The highest BCUT2D eigenvalue weighted by atomic mass is 32.2. The number of carbonyl (C=O) groups is 1. The second-order valence-corrected chi connectivity index (χ2v) is 11.1. The Bertz CT molecular complexity index is 1640. The highest BCUT2D eigenvalue weighted by Gasteiger charge is 2.36. The summed E-state index contributed by atoms with van der Waals surface area (Å²) in [6, 6.07) is 21.3. The quantitative estimate of drug-likeness (QED) is 0.197. The first-order valence-electron chi connectivity index (χ1n) is 12.3. The molecule has 39 heavy (non-hydrogen) atoms. The molecule has 0 spiro atoms. The van der Waals surface area contributed by atoms with Crippen LogP contribution in [0.4, 0.5) is 0 Å². The third-order valence-electron chi connectivity index (χ3n) is 6.37. The number of rotatable bonds is 9. The first-order chi connectivity index (χ1) is 19.0. The first-order valence-corrected chi connectivity index (χ1v) is 14.1. The second-order valence-electron chi connectivity index (χ2n) is 8.88. The van der Waals surface area contributed by atoms with Gasteiger partial charge < -0.3 is 25.5 Å². The average Bonchev–Trinajstić information content (AvgIpc) is 3.33. The summed E-state index contributed by atoms with van der Waals surface area (Å²) in [7, 11) is 1.61. The van der Waals surface area contributed by atoms with E-state index in [0.717, 1.165) is 15.3 Å². The molecule has 0 saturated heterocycles. The summed E-state index contributed by atoms with van der Waals surface area (Å²) in [6.45, 7) is 0.946. The molecule has 0 aliphatic carbocycles. The number of hydrogen-bond acceptors (Lipinski definition) is 8. The van der Waals surface area contributed by atoms with E-state index in [0.29, 0.717) is 46.7 Å². The van der Waals surface area contributed by atoms with Crippen molar-refractivity contribution in [1.29, 1.82) is 5.26 Å². The molecular weight excluding hydrogens is 532 g/mol. The van der Waals surface area contributed by atoms with E-state index >= 15 is 0 Å². The molecular formula is C29H26N4O4S2. The summed E-state index contributed by atoms with van der Waals surface area (Å²) in [6.07, 6.45) is 0.656. The number of amides is 1. The molecule has 10 heteroatoms. The van der Waals surface area contributed by atoms with Crippen LogP contribution >= 0.6 is 23.1 Å². The van der Waals surface area contributed by atoms with Gasteiger partial charge in [0.25, 0.3) is 11.5 Å². The van der Waals surface area contributed by atoms with Gasteiger partial charge in [0.15, 0.2) is 5.75 Å². The molecule has 0 saturated carbocycles. The van der Waals surface area contributed by atoms with E-state index in [-0.39, 0.29) is 23.1 Å². The summed E-state index contributed by atoms with van der Waals surface area (Å²) < 4.78 is 12.4. The predicted molar refractivity (Wildman–Crippen MR) is 153 cm³/mol. The molecule has 198 valence electrons. The van der Waals surface area contributed by atoms with Gasteiger partial charge in [-0.2, -0.15) is 5.26 Å². The fourth-order valence-corrected chi connectivity index (χ4v) is 7.02. The molecule has 4 N–H and O–H groups in total. The number of nitrogens with zero attached hydrogens (tertiary/aromatic N) is 1. The number of nitrogens with two attached hydrogens (primary N) is 1. The summed E-state index contributed by atoms with van der Waals surface area (Å²) in [5.74, 6) is -0.118. The maximum Gasteiger partial charge on any atom is 0.256 e. The number of nitrogens with one attached hydrogen (secondary N) is 2. The fraction of sp³-hybridized carbons (Fsp3) is 0.207. The Hall–Kier alpha value is -4.04. The normalized spacial score (nSPS) is 14.5. The van der Waals surface area contributed by atoms with Gasteiger partial charge in [-0.3, -0.25) is 9.59 Å². The number of thiophene rings is 1. The van der Waals surface area contributed by atoms with Crippen LogP contribution in [0.2, 0.25) is 0 Å². The van der Waals surface area contributed by atoms with Crippen molar-refractivity contribution < 1.29 is 14.3 Å². The number of hydrogen-bond donors (Lipinski definition) is 3. The molecule has 3 heterocycles. The van der Waals surface area contributed by atoms with Crippen molar-refractivity contribution in [3.8, 4) is 11.8 Å². The zero-order chi connectivity index (χ0) is 27.4. The number of allylic oxidation sites excluding steroid dienone is 1. The molecule has 2 aromatic heterocycles. The Morgan fingerprint density at radius 2 is 1.92 bits per heavy atom. The fourth-order valence-electron chi connectivity index (χ4n) is 4.55. The SMILES string of the molecule is COCCCNC(=O)c1c(SCc2ccccc2)sc2c3c(c(=O)[nH]c12)C(c1ccccc1)C(C#N)=C(N)O3. The van der Waals surface area contributed by atoms with Crippen molar-refractivity contribution in [3.63, 3.8) is 0 Å². The molecule has 1 amide bonds. The minimum atomic E-state index is -0.693. The Morgan fingerprint density at radius 1 is 1.21 bits per heavy atom. The van der Waals surface area contributed by atoms with Crippen LogP contribution in [-0.4, -0.2) is 31.2 Å². The van der Waals surface area contributed by atoms with Crippen LogP contribution in [0.3, 0.4) is 0 Å². The van der Waals surface area contributed by atoms with Crippen LogP contribution in [0.25, 0.3) is 10.2 Å². The molecule has 8 nitrogen and oxygen atoms in total. The molecule has 5 rings (SSSR count). The topological polar surface area (TPSA) is 130 Å². The number of ether oxygens (including phenoxy) is 2. The first kappa shape index (κ1) is 26.6. The van der Waals surface area contributed by atoms with E-state index in [4.69, 9.17) is 15.2 Å². The second kappa shape index (κ2) is 11.8. The molecule has 1 aliphatic heterocycles. The number of pyridine rings is 1. The average molecular weight is 559 g/mol. The van der Waals surface area contributed by atoms with E-state index in [2.05, 4.69) is 16.4 Å². The van der Waals surface area contributed by atoms with Gasteiger partial charge in [-0.25, -0.2) is 0 Å². The number of methoxy groups -OCH3 is 1. The lowest BCUT2D eigenvalue weighted by Crippen LogP contribution is -2.28. The van der Waals surface area contributed by atoms with Gasteiger partial charge in [0.2, 0.25) is 5.88 Å². The Balaban J connectivity index is 1.65. The van der Waals surface area contributed by atoms with Gasteiger partial charge >= 0.3 is 0 Å². The molecule has 0 bridgehead atoms. The minimum absolute atomic E-state index is 0.0526. The maximum absolute atomic E-state index is 13.6. The van der Waals surface area contributed by atoms with Crippen molar-refractivity contribution in [2.75, 3.05) is 20.3 Å². The Labute approximate surface area is 233 Å². The number of benzene rings is 2. The minimum Gasteiger partial charge on any atom is -0.438 e. The molecule has 4 aromatic rings. The van der Waals surface area contributed by atoms with E-state index in [1.807, 2.05) is 60.7 Å². The standard InChI is InChI=1S/C29H26N4O4S2/c1-36-14-8-13-32-27(34)22-23-25(39-29(22)38-16-17-9-4-2-5-10-17)24-21(28(35)33-23)20(18-11-6-3-7-12-18)19(15-30)26(31)37-24/h2-7,9-12,20H,8,13-14,16,31H2,1H3,(H,32,34)(H,33,35). The lowest BCUT2D eigenvalue weighted by atomic mass is 9.84. The van der Waals surface area contributed by atoms with Gasteiger partial charge in [0, 0.05) is 26.0 Å². The van der Waals surface area contributed by atoms with E-state index in [1.165, 1.54) is 23.1 Å². The van der Waals surface area contributed by atoms with Crippen LogP contribution in [0.1, 0.15) is 39.4 Å². The largest absolute Gasteiger partial charge is 0.438 e. The van der Waals surface area contributed by atoms with Gasteiger partial charge in [0.05, 0.1) is 31.5 Å². The van der Waals surface area contributed by atoms with Crippen LogP contribution in [0, 0.1) is 11.3 Å². The lowest BCUT2D eigenvalue weighted by Gasteiger charge is -2.25. The number of thioether (sulfide) groups is 1. The smallest absolute Gasteiger partial charge is 0.256 e. The molecule has 1 atom stereocenters. The summed E-state index contributed by atoms with van der Waals surface area (Å²) in [4.78, 5) is 30.0. The zero-order valence-electron chi connectivity index (χ0n) is 21.2. The van der Waals surface area contributed by atoms with E-state index < -0.39 is 11.5 Å². The van der Waals surface area contributed by atoms with Gasteiger partial charge in [-0.1, -0.05) is 60.7 Å². The highest BCUT2D eigenvalue weighted by molar-refractivity contribution is 8.00. The van der Waals surface area contributed by atoms with Gasteiger partial charge in [-0.15, -0.1) is 23.1 Å². The van der Waals surface area contributed by atoms with Crippen molar-refractivity contribution in [2.45, 2.75) is 22.3 Å². The molecule has 1 unspecified atom stereocenters.